The first-order valence-corrected chi connectivity index (χ1v) is 28.4. The predicted molar refractivity (Wildman–Crippen MR) is 334 cm³/mol. The number of halogens is 2. The van der Waals surface area contributed by atoms with E-state index < -0.39 is 29.5 Å². The zero-order valence-electron chi connectivity index (χ0n) is 48.2. The largest absolute Gasteiger partial charge is 0.505 e. The quantitative estimate of drug-likeness (QED) is 0.0177. The van der Waals surface area contributed by atoms with Gasteiger partial charge in [0.2, 0.25) is 17.7 Å². The molecule has 0 radical (unpaired) electrons. The van der Waals surface area contributed by atoms with Crippen LogP contribution in [0.15, 0.2) is 114 Å². The molecule has 12 rings (SSSR count). The van der Waals surface area contributed by atoms with E-state index in [9.17, 15) is 53.4 Å². The Balaban J connectivity index is 0.000000145. The van der Waals surface area contributed by atoms with E-state index in [1.807, 2.05) is 54.6 Å². The molecule has 0 aliphatic carbocycles. The first-order chi connectivity index (χ1) is 42.0. The van der Waals surface area contributed by atoms with E-state index in [1.165, 1.54) is 26.3 Å². The molecule has 0 fully saturated rings. The number of anilines is 7. The van der Waals surface area contributed by atoms with Crippen LogP contribution in [-0.2, 0) is 76.8 Å². The van der Waals surface area contributed by atoms with Crippen molar-refractivity contribution in [3.8, 4) is 5.75 Å². The number of nitrogens with two attached hydrogens (primary N) is 1. The van der Waals surface area contributed by atoms with E-state index in [1.54, 1.807) is 76.2 Å². The number of hydrogen-bond donors (Lipinski definition) is 7. The number of nitrogens with one attached hydrogen (secondary N) is 3. The van der Waals surface area contributed by atoms with Crippen molar-refractivity contribution >= 4 is 133 Å². The molecule has 0 bridgehead atoms. The van der Waals surface area contributed by atoms with Crippen molar-refractivity contribution in [3.05, 3.63) is 169 Å². The number of ether oxygens (including phenoxy) is 1. The molecule has 454 valence electrons. The fourth-order valence-electron chi connectivity index (χ4n) is 10.6. The van der Waals surface area contributed by atoms with Crippen LogP contribution >= 0.6 is 23.2 Å². The van der Waals surface area contributed by atoms with E-state index in [0.717, 1.165) is 89.9 Å². The van der Waals surface area contributed by atoms with Crippen molar-refractivity contribution < 1.29 is 63.3 Å². The number of carboxylic acids is 1. The van der Waals surface area contributed by atoms with Crippen LogP contribution in [-0.4, -0.2) is 112 Å². The van der Waals surface area contributed by atoms with Crippen LogP contribution in [0.4, 0.5) is 39.8 Å². The number of aromatic nitrogens is 1. The maximum atomic E-state index is 11.8. The average Bonchev–Trinajstić information content (AvgIpc) is 2.45. The van der Waals surface area contributed by atoms with Crippen LogP contribution in [0.25, 0.3) is 10.9 Å². The van der Waals surface area contributed by atoms with Gasteiger partial charge in [-0.05, 0) is 102 Å². The maximum Gasteiger partial charge on any atom is 0.340 e. The molecule has 1 aromatic heterocycles. The molecule has 88 heavy (non-hydrogen) atoms. The molecule has 24 heteroatoms. The number of amides is 5. The fourth-order valence-corrected chi connectivity index (χ4v) is 10.9. The summed E-state index contributed by atoms with van der Waals surface area (Å²) < 4.78 is 4.59. The van der Waals surface area contributed by atoms with Gasteiger partial charge in [-0.1, -0.05) is 95.1 Å². The number of nitrogens with zero attached hydrogens (tertiary/aromatic N) is 5. The van der Waals surface area contributed by atoms with Gasteiger partial charge in [0.15, 0.2) is 11.5 Å². The van der Waals surface area contributed by atoms with E-state index >= 15 is 0 Å². The van der Waals surface area contributed by atoms with Gasteiger partial charge in [0.05, 0.1) is 56.6 Å². The van der Waals surface area contributed by atoms with Gasteiger partial charge in [-0.3, -0.25) is 38.4 Å². The maximum absolute atomic E-state index is 11.8. The second-order valence-corrected chi connectivity index (χ2v) is 21.5. The molecule has 8 N–H and O–H groups in total. The lowest BCUT2D eigenvalue weighted by Crippen LogP contribution is -2.27. The van der Waals surface area contributed by atoms with Crippen molar-refractivity contribution in [3.63, 3.8) is 0 Å². The Labute approximate surface area is 514 Å². The lowest BCUT2D eigenvalue weighted by atomic mass is 10.00. The van der Waals surface area contributed by atoms with E-state index in [0.29, 0.717) is 74.5 Å². The molecule has 5 aliphatic heterocycles. The number of hydrogen-bond acceptors (Lipinski definition) is 16. The predicted octanol–water partition coefficient (Wildman–Crippen LogP) is 8.77. The van der Waals surface area contributed by atoms with Crippen molar-refractivity contribution in [1.82, 2.24) is 4.98 Å². The van der Waals surface area contributed by atoms with Crippen LogP contribution in [0.5, 0.6) is 5.75 Å². The summed E-state index contributed by atoms with van der Waals surface area (Å²) in [7, 11) is 0. The van der Waals surface area contributed by atoms with Crippen LogP contribution in [0.3, 0.4) is 0 Å². The minimum absolute atomic E-state index is 0.0636. The Hall–Kier alpha value is -10.2. The summed E-state index contributed by atoms with van der Waals surface area (Å²) in [5, 5.41) is 41.2. The SMILES string of the molecule is CC(=O)N1CCc2ccc3c(c21)NC(=O)C3=O.CC(=O)N1CCc2cccc(N)c21.CC(=O)N1CCc2cccc(NC(=O)/C=N/O)c21.CC(=O)OCC(=O)Cc1ccc(Cl)cc1.O=C(O)c1c(O)c(Cc2ccc(Cl)cc2)nc2c3c(ccc12)CCN3. The minimum Gasteiger partial charge on any atom is -0.505 e. The Morgan fingerprint density at radius 1 is 0.693 bits per heavy atom. The number of pyridine rings is 1. The van der Waals surface area contributed by atoms with Crippen molar-refractivity contribution in [2.45, 2.75) is 66.2 Å². The van der Waals surface area contributed by atoms with Crippen LogP contribution < -0.4 is 36.4 Å². The number of benzene rings is 6. The zero-order valence-corrected chi connectivity index (χ0v) is 49.8. The van der Waals surface area contributed by atoms with Crippen LogP contribution in [0, 0.1) is 0 Å². The van der Waals surface area contributed by atoms with Gasteiger partial charge < -0.3 is 56.5 Å². The Kier molecular flexibility index (Phi) is 20.6. The van der Waals surface area contributed by atoms with Crippen LogP contribution in [0.1, 0.15) is 87.5 Å². The molecule has 6 aromatic carbocycles. The minimum atomic E-state index is -1.17. The third kappa shape index (κ3) is 14.9. The molecule has 0 spiro atoms. The number of para-hydroxylation sites is 2. The molecule has 7 aromatic rings. The van der Waals surface area contributed by atoms with Gasteiger partial charge in [0.25, 0.3) is 17.6 Å². The second kappa shape index (κ2) is 28.3. The summed E-state index contributed by atoms with van der Waals surface area (Å²) in [6, 6.07) is 32.5. The molecule has 0 saturated carbocycles. The first kappa shape index (κ1) is 63.8. The monoisotopic (exact) mass is 1230 g/mol. The highest BCUT2D eigenvalue weighted by atomic mass is 35.5. The number of fused-ring (bicyclic) bond motifs is 8. The Morgan fingerprint density at radius 3 is 1.84 bits per heavy atom. The third-order valence-electron chi connectivity index (χ3n) is 14.7. The molecule has 6 heterocycles. The number of carbonyl (C=O) groups is 9. The van der Waals surface area contributed by atoms with Gasteiger partial charge in [-0.2, -0.15) is 0 Å². The summed E-state index contributed by atoms with van der Waals surface area (Å²) in [5.74, 6) is -3.79. The summed E-state index contributed by atoms with van der Waals surface area (Å²) in [5.41, 5.74) is 18.0. The lowest BCUT2D eigenvalue weighted by molar-refractivity contribution is -0.145. The summed E-state index contributed by atoms with van der Waals surface area (Å²) in [4.78, 5) is 112. The normalized spacial score (nSPS) is 13.5. The molecule has 5 amide bonds. The average molecular weight is 1240 g/mol. The van der Waals surface area contributed by atoms with Crippen molar-refractivity contribution in [2.75, 3.05) is 69.2 Å². The molecule has 0 unspecified atom stereocenters. The van der Waals surface area contributed by atoms with Crippen molar-refractivity contribution in [1.29, 1.82) is 0 Å². The number of esters is 1. The smallest absolute Gasteiger partial charge is 0.340 e. The molecule has 0 saturated heterocycles. The molecule has 5 aliphatic rings. The van der Waals surface area contributed by atoms with E-state index in [4.69, 9.17) is 34.1 Å². The fraction of sp³-hybridized carbons (Fsp3) is 0.234. The molecule has 22 nitrogen and oxygen atoms in total. The highest BCUT2D eigenvalue weighted by Gasteiger charge is 2.36. The molecular formula is C64H61Cl2N9O13. The van der Waals surface area contributed by atoms with Gasteiger partial charge in [0, 0.05) is 82.1 Å². The zero-order chi connectivity index (χ0) is 63.5. The van der Waals surface area contributed by atoms with Gasteiger partial charge >= 0.3 is 11.9 Å². The standard InChI is InChI=1S/C19H15ClN2O3.C12H13N3O3.C12H10N2O3.C11H11ClO3.C10H12N2O/c20-12-4-1-10(2-5-12)9-14-18(23)15(19(24)25)13-6-3-11-7-8-21-16(11)17(13)22-14;1-8(16)15-6-5-9-3-2-4-10(12(9)15)14-11(17)7-13-18;1-6(15)14-5-4-7-2-3-8-9(10(7)14)13-12(17)11(8)16;1-8(13)15-7-11(14)6-9-2-4-10(12)5-3-9;1-7(13)12-6-5-8-3-2-4-9(11)10(8)12/h1-6,21,23H,7-9H2,(H,24,25);2-4,7,18H,5-6H2,1H3,(H,14,17);2-3H,4-5H2,1H3,(H,13,16,17);2-5H,6-7H2,1H3;2-4H,5-6,11H2,1H3/b;13-7+;;;. The number of oxime groups is 1. The number of rotatable bonds is 9. The molecular weight excluding hydrogens is 1170 g/mol. The van der Waals surface area contributed by atoms with Crippen LogP contribution in [0.2, 0.25) is 10.0 Å². The Bertz CT molecular complexity index is 3970. The number of aromatic hydroxyl groups is 1. The number of carbonyl (C=O) groups excluding carboxylic acids is 8. The summed E-state index contributed by atoms with van der Waals surface area (Å²) in [6.07, 6.45) is 4.67. The van der Waals surface area contributed by atoms with Gasteiger partial charge in [0.1, 0.15) is 18.4 Å². The highest BCUT2D eigenvalue weighted by Crippen LogP contribution is 2.42. The summed E-state index contributed by atoms with van der Waals surface area (Å²) >= 11 is 11.6. The number of ketones is 2. The number of aromatic carboxylic acids is 1. The first-order valence-electron chi connectivity index (χ1n) is 27.7. The summed E-state index contributed by atoms with van der Waals surface area (Å²) in [6.45, 7) is 8.42. The number of nitrogen functional groups attached to an aromatic ring is 1. The van der Waals surface area contributed by atoms with E-state index in [2.05, 4.69) is 30.8 Å². The number of carboxylic acid groups (broad SMARTS) is 1. The Morgan fingerprint density at radius 2 is 1.25 bits per heavy atom. The number of Topliss-reactive ketones (excluding diaryl/α,β-unsaturated/α-hetero) is 2. The van der Waals surface area contributed by atoms with Gasteiger partial charge in [-0.15, -0.1) is 0 Å². The lowest BCUT2D eigenvalue weighted by Gasteiger charge is -2.18. The second-order valence-electron chi connectivity index (χ2n) is 20.6. The topological polar surface area (TPSA) is 321 Å². The van der Waals surface area contributed by atoms with Gasteiger partial charge in [-0.25, -0.2) is 9.78 Å². The molecule has 0 atom stereocenters. The van der Waals surface area contributed by atoms with E-state index in [-0.39, 0.29) is 47.8 Å². The highest BCUT2D eigenvalue weighted by molar-refractivity contribution is 6.52. The van der Waals surface area contributed by atoms with Crippen molar-refractivity contribution in [2.24, 2.45) is 5.16 Å². The third-order valence-corrected chi connectivity index (χ3v) is 15.2.